The maximum Gasteiger partial charge on any atom is 0.303 e. The van der Waals surface area contributed by atoms with Crippen LogP contribution in [0.2, 0.25) is 0 Å². The van der Waals surface area contributed by atoms with Crippen molar-refractivity contribution in [3.05, 3.63) is 11.6 Å². The van der Waals surface area contributed by atoms with Crippen molar-refractivity contribution in [2.75, 3.05) is 0 Å². The molecular weight excluding hydrogens is 368 g/mol. The van der Waals surface area contributed by atoms with Crippen LogP contribution in [0.3, 0.4) is 0 Å². The van der Waals surface area contributed by atoms with Crippen molar-refractivity contribution in [2.45, 2.75) is 90.8 Å². The Kier molecular flexibility index (Phi) is 4.48. The first kappa shape index (κ1) is 20.8. The molecule has 1 N–H and O–H groups in total. The van der Waals surface area contributed by atoms with Gasteiger partial charge in [-0.3, -0.25) is 14.4 Å². The van der Waals surface area contributed by atoms with Gasteiger partial charge in [0.2, 0.25) is 0 Å². The average molecular weight is 403 g/mol. The zero-order valence-electron chi connectivity index (χ0n) is 18.3. The number of carbonyl (C=O) groups is 3. The number of fused-ring (bicyclic) bond motifs is 5. The van der Waals surface area contributed by atoms with Gasteiger partial charge in [0, 0.05) is 18.8 Å². The topological polar surface area (TPSA) is 80.7 Å². The number of carbonyl (C=O) groups excluding carboxylic acids is 3. The van der Waals surface area contributed by atoms with Gasteiger partial charge in [-0.1, -0.05) is 13.8 Å². The molecule has 3 saturated carbocycles. The number of rotatable bonds is 2. The smallest absolute Gasteiger partial charge is 0.303 e. The molecule has 0 spiro atoms. The summed E-state index contributed by atoms with van der Waals surface area (Å²) in [7, 11) is 0. The number of hydrogen-bond donors (Lipinski definition) is 1. The lowest BCUT2D eigenvalue weighted by Crippen LogP contribution is -2.61. The fourth-order valence-electron chi connectivity index (χ4n) is 8.06. The summed E-state index contributed by atoms with van der Waals surface area (Å²) in [4.78, 5) is 36.9. The fraction of sp³-hybridized carbons (Fsp3) is 0.792. The van der Waals surface area contributed by atoms with Crippen LogP contribution in [0.25, 0.3) is 0 Å². The van der Waals surface area contributed by atoms with Gasteiger partial charge in [0.15, 0.2) is 17.2 Å². The van der Waals surface area contributed by atoms with E-state index in [-0.39, 0.29) is 28.8 Å². The molecule has 4 aliphatic rings. The molecule has 0 bridgehead atoms. The van der Waals surface area contributed by atoms with Crippen molar-refractivity contribution in [3.8, 4) is 0 Å². The van der Waals surface area contributed by atoms with Gasteiger partial charge >= 0.3 is 5.97 Å². The Morgan fingerprint density at radius 3 is 2.34 bits per heavy atom. The number of esters is 1. The lowest BCUT2D eigenvalue weighted by atomic mass is 9.44. The molecule has 0 unspecified atom stereocenters. The fourth-order valence-corrected chi connectivity index (χ4v) is 8.06. The third-order valence-electron chi connectivity index (χ3n) is 9.29. The second kappa shape index (κ2) is 6.26. The van der Waals surface area contributed by atoms with Gasteiger partial charge in [-0.15, -0.1) is 0 Å². The van der Waals surface area contributed by atoms with E-state index in [1.807, 2.05) is 6.92 Å². The highest BCUT2D eigenvalue weighted by Crippen LogP contribution is 2.69. The molecule has 0 aromatic heterocycles. The summed E-state index contributed by atoms with van der Waals surface area (Å²) in [5, 5.41) is 11.4. The Labute approximate surface area is 173 Å². The molecule has 7 atom stereocenters. The molecule has 5 nitrogen and oxygen atoms in total. The average Bonchev–Trinajstić information content (AvgIpc) is 2.90. The first-order chi connectivity index (χ1) is 13.4. The van der Waals surface area contributed by atoms with E-state index in [0.29, 0.717) is 25.2 Å². The number of hydrogen-bond acceptors (Lipinski definition) is 5. The molecule has 0 aliphatic heterocycles. The van der Waals surface area contributed by atoms with Crippen LogP contribution in [0.4, 0.5) is 0 Å². The lowest BCUT2D eigenvalue weighted by molar-refractivity contribution is -0.190. The van der Waals surface area contributed by atoms with Crippen molar-refractivity contribution in [1.82, 2.24) is 0 Å². The molecule has 0 radical (unpaired) electrons. The van der Waals surface area contributed by atoms with Gasteiger partial charge in [-0.2, -0.15) is 0 Å². The highest BCUT2D eigenvalue weighted by Gasteiger charge is 2.69. The van der Waals surface area contributed by atoms with E-state index in [2.05, 4.69) is 13.8 Å². The van der Waals surface area contributed by atoms with Crippen LogP contribution in [0.5, 0.6) is 0 Å². The van der Waals surface area contributed by atoms with Gasteiger partial charge in [-0.25, -0.2) is 0 Å². The summed E-state index contributed by atoms with van der Waals surface area (Å²) in [6.07, 6.45) is 6.76. The first-order valence-electron chi connectivity index (χ1n) is 11.1. The molecule has 0 aromatic rings. The van der Waals surface area contributed by atoms with E-state index in [9.17, 15) is 19.5 Å². The summed E-state index contributed by atoms with van der Waals surface area (Å²) in [6.45, 7) is 9.12. The molecule has 3 fully saturated rings. The maximum absolute atomic E-state index is 12.8. The molecule has 0 amide bonds. The second-order valence-corrected chi connectivity index (χ2v) is 10.8. The SMILES string of the molecule is CC(=O)O[C@@]1(C(C)=O)CC[C@@H]2[C@H]3C[C@](C)(O)C4=CC(=O)CC[C@]4(C)[C@@H]3CC[C@@]21C. The highest BCUT2D eigenvalue weighted by atomic mass is 16.6. The molecule has 4 aliphatic carbocycles. The zero-order chi connectivity index (χ0) is 21.4. The van der Waals surface area contributed by atoms with Crippen LogP contribution >= 0.6 is 0 Å². The van der Waals surface area contributed by atoms with E-state index in [1.165, 1.54) is 6.92 Å². The van der Waals surface area contributed by atoms with Gasteiger partial charge in [0.25, 0.3) is 0 Å². The van der Waals surface area contributed by atoms with Crippen LogP contribution in [-0.2, 0) is 19.1 Å². The number of aliphatic hydroxyl groups is 1. The number of Topliss-reactive ketones (excluding diaryl/α,β-unsaturated/α-hetero) is 1. The standard InChI is InChI=1S/C24H34O5/c1-14(25)24(29-15(2)26)11-8-19-17-13-23(5,28)20-12-16(27)6-9-21(20,3)18(17)7-10-22(19,24)4/h12,17-19,28H,6-11,13H2,1-5H3/t17-,18+,19+,21+,22-,23-,24+/m0/s1. The van der Waals surface area contributed by atoms with E-state index >= 15 is 0 Å². The van der Waals surface area contributed by atoms with E-state index in [0.717, 1.165) is 31.3 Å². The minimum Gasteiger partial charge on any atom is -0.451 e. The van der Waals surface area contributed by atoms with Crippen LogP contribution in [0.15, 0.2) is 11.6 Å². The second-order valence-electron chi connectivity index (χ2n) is 10.8. The van der Waals surface area contributed by atoms with Gasteiger partial charge in [0.1, 0.15) is 0 Å². The molecule has 29 heavy (non-hydrogen) atoms. The third kappa shape index (κ3) is 2.65. The molecule has 0 saturated heterocycles. The van der Waals surface area contributed by atoms with Crippen LogP contribution in [0, 0.1) is 28.6 Å². The normalized spacial score (nSPS) is 48.8. The summed E-state index contributed by atoms with van der Waals surface area (Å²) in [5.74, 6) is 0.489. The first-order valence-corrected chi connectivity index (χ1v) is 11.1. The monoisotopic (exact) mass is 402 g/mol. The zero-order valence-corrected chi connectivity index (χ0v) is 18.3. The predicted octanol–water partition coefficient (Wildman–Crippen LogP) is 3.77. The molecule has 0 aromatic carbocycles. The summed E-state index contributed by atoms with van der Waals surface area (Å²) < 4.78 is 5.80. The van der Waals surface area contributed by atoms with Crippen molar-refractivity contribution >= 4 is 17.5 Å². The van der Waals surface area contributed by atoms with Crippen molar-refractivity contribution in [1.29, 1.82) is 0 Å². The summed E-state index contributed by atoms with van der Waals surface area (Å²) >= 11 is 0. The Morgan fingerprint density at radius 1 is 1.07 bits per heavy atom. The Bertz CT molecular complexity index is 810. The van der Waals surface area contributed by atoms with Crippen molar-refractivity contribution in [3.63, 3.8) is 0 Å². The maximum atomic E-state index is 12.8. The Balaban J connectivity index is 1.77. The third-order valence-corrected chi connectivity index (χ3v) is 9.29. The largest absolute Gasteiger partial charge is 0.451 e. The molecule has 4 rings (SSSR count). The molecular formula is C24H34O5. The van der Waals surface area contributed by atoms with Gasteiger partial charge in [0.05, 0.1) is 5.60 Å². The predicted molar refractivity (Wildman–Crippen MR) is 108 cm³/mol. The van der Waals surface area contributed by atoms with E-state index < -0.39 is 22.6 Å². The lowest BCUT2D eigenvalue weighted by Gasteiger charge is -2.62. The van der Waals surface area contributed by atoms with Crippen LogP contribution in [-0.4, -0.2) is 33.8 Å². The molecule has 5 heteroatoms. The summed E-state index contributed by atoms with van der Waals surface area (Å²) in [6, 6.07) is 0. The van der Waals surface area contributed by atoms with Crippen LogP contribution in [0.1, 0.15) is 79.6 Å². The van der Waals surface area contributed by atoms with E-state index in [1.54, 1.807) is 13.0 Å². The van der Waals surface area contributed by atoms with Crippen LogP contribution < -0.4 is 0 Å². The Morgan fingerprint density at radius 2 is 1.72 bits per heavy atom. The van der Waals surface area contributed by atoms with Gasteiger partial charge in [-0.05, 0) is 87.2 Å². The Hall–Kier alpha value is -1.49. The van der Waals surface area contributed by atoms with Crippen molar-refractivity contribution in [2.24, 2.45) is 28.6 Å². The minimum absolute atomic E-state index is 0.0613. The van der Waals surface area contributed by atoms with E-state index in [4.69, 9.17) is 4.74 Å². The quantitative estimate of drug-likeness (QED) is 0.711. The molecule has 0 heterocycles. The molecule has 160 valence electrons. The summed E-state index contributed by atoms with van der Waals surface area (Å²) in [5.41, 5.74) is -1.77. The number of ketones is 2. The highest BCUT2D eigenvalue weighted by molar-refractivity contribution is 5.92. The number of ether oxygens (including phenoxy) is 1. The van der Waals surface area contributed by atoms with Gasteiger partial charge < -0.3 is 9.84 Å². The minimum atomic E-state index is -1.06. The van der Waals surface area contributed by atoms with Crippen molar-refractivity contribution < 1.29 is 24.2 Å².